The predicted octanol–water partition coefficient (Wildman–Crippen LogP) is 5.97. The molecule has 24 nitrogen and oxygen atoms in total. The highest BCUT2D eigenvalue weighted by Gasteiger charge is 2.54. The minimum absolute atomic E-state index is 0.0333. The average molecular weight is 1090 g/mol. The molecule has 438 valence electrons. The summed E-state index contributed by atoms with van der Waals surface area (Å²) in [6.07, 6.45) is -12.9. The van der Waals surface area contributed by atoms with Gasteiger partial charge in [0.1, 0.15) is 52.4 Å². The van der Waals surface area contributed by atoms with Crippen LogP contribution in [0.3, 0.4) is 0 Å². The summed E-state index contributed by atoms with van der Waals surface area (Å²) in [5, 5.41) is 29.8. The topological polar surface area (TPSA) is 304 Å². The van der Waals surface area contributed by atoms with Crippen LogP contribution in [0.2, 0.25) is 0 Å². The highest BCUT2D eigenvalue weighted by molar-refractivity contribution is 5.79. The largest absolute Gasteiger partial charge is 0.458 e. The third-order valence-corrected chi connectivity index (χ3v) is 11.7. The van der Waals surface area contributed by atoms with Gasteiger partial charge in [-0.1, -0.05) is 20.8 Å². The van der Waals surface area contributed by atoms with Crippen LogP contribution in [0.4, 0.5) is 24.0 Å². The molecule has 0 radical (unpaired) electrons. The summed E-state index contributed by atoms with van der Waals surface area (Å²) in [5.74, 6) is -2.71. The molecule has 24 heteroatoms. The molecular formula is C52H92N6O18. The zero-order valence-corrected chi connectivity index (χ0v) is 48.4. The van der Waals surface area contributed by atoms with Crippen LogP contribution < -0.4 is 31.9 Å². The van der Waals surface area contributed by atoms with Gasteiger partial charge in [0.2, 0.25) is 5.91 Å². The first-order chi connectivity index (χ1) is 34.7. The van der Waals surface area contributed by atoms with Crippen LogP contribution in [-0.2, 0) is 57.0 Å². The van der Waals surface area contributed by atoms with E-state index in [1.165, 1.54) is 6.92 Å². The summed E-state index contributed by atoms with van der Waals surface area (Å²) in [4.78, 5) is 92.5. The SMILES string of the molecule is CCC1O[C@H](O[C@@H]2C(O)C(O[C@H]3OC(CNC(=O)OC(C)(C)C)CCC3NC(=O)OC(C)(C)C)[C@@H](NC(=O)OC(C)(C)C)C[C@H]2NC(=O)[C@@H](C)CCNC(=O)OC(C)(C)C)C(C)[C@@H](NC(=O)OC(C)(C)C)[C@@H]1OC(C)=O. The molecule has 2 saturated heterocycles. The highest BCUT2D eigenvalue weighted by Crippen LogP contribution is 2.36. The molecule has 2 heterocycles. The standard InChI is InChI=1S/C52H92N6O18/c1-20-34-39(67-29(4)59)35(58-47(66)76-52(17,18)19)28(3)41(69-34)70-37-32(55-40(61)27(2)23-24-53-43(62)72-48(5,6)7)25-33(57-46(65)75-51(14,15)16)38(36(37)60)71-42-31(56-45(64)74-50(11,12)13)22-21-30(68-42)26-54-44(63)73-49(8,9)10/h27-28,30-39,41-42,60H,20-26H2,1-19H3,(H,53,62)(H,54,63)(H,55,61)(H,56,64)(H,57,65)(H,58,66)/t27-,28?,30?,31?,32+,33-,34?,35+,36?,37-,38?,39+,41+,42+/m0/s1. The number of amides is 6. The molecule has 0 aromatic carbocycles. The molecule has 76 heavy (non-hydrogen) atoms. The first-order valence-electron chi connectivity index (χ1n) is 26.4. The fourth-order valence-electron chi connectivity index (χ4n) is 8.56. The molecule has 3 fully saturated rings. The van der Waals surface area contributed by atoms with Crippen molar-refractivity contribution < 1.29 is 86.0 Å². The molecule has 6 amide bonds. The fraction of sp³-hybridized carbons (Fsp3) is 0.865. The maximum atomic E-state index is 14.3. The molecule has 7 N–H and O–H groups in total. The Morgan fingerprint density at radius 1 is 0.579 bits per heavy atom. The van der Waals surface area contributed by atoms with Crippen LogP contribution in [0.15, 0.2) is 0 Å². The number of alkyl carbamates (subject to hydrolysis) is 5. The van der Waals surface area contributed by atoms with Gasteiger partial charge in [-0.2, -0.15) is 0 Å². The molecule has 0 aromatic heterocycles. The number of hydrogen-bond acceptors (Lipinski definition) is 18. The molecule has 0 aromatic rings. The molecule has 1 saturated carbocycles. The van der Waals surface area contributed by atoms with E-state index < -0.39 is 156 Å². The summed E-state index contributed by atoms with van der Waals surface area (Å²) < 4.78 is 60.0. The zero-order valence-electron chi connectivity index (χ0n) is 48.4. The summed E-state index contributed by atoms with van der Waals surface area (Å²) in [5.41, 5.74) is -4.30. The number of carbonyl (C=O) groups is 7. The molecule has 14 atom stereocenters. The second-order valence-corrected chi connectivity index (χ2v) is 24.8. The van der Waals surface area contributed by atoms with Gasteiger partial charge in [0, 0.05) is 31.8 Å². The monoisotopic (exact) mass is 1090 g/mol. The minimum Gasteiger partial charge on any atom is -0.458 e. The lowest BCUT2D eigenvalue weighted by Gasteiger charge is -2.50. The van der Waals surface area contributed by atoms with E-state index >= 15 is 0 Å². The first kappa shape index (κ1) is 65.4. The normalized spacial score (nSPS) is 28.8. The van der Waals surface area contributed by atoms with Crippen molar-refractivity contribution in [2.24, 2.45) is 11.8 Å². The van der Waals surface area contributed by atoms with Crippen molar-refractivity contribution in [3.8, 4) is 0 Å². The molecule has 3 rings (SSSR count). The van der Waals surface area contributed by atoms with Crippen molar-refractivity contribution in [2.75, 3.05) is 13.1 Å². The van der Waals surface area contributed by atoms with Gasteiger partial charge >= 0.3 is 36.4 Å². The highest BCUT2D eigenvalue weighted by atomic mass is 16.7. The second-order valence-electron chi connectivity index (χ2n) is 24.8. The third-order valence-electron chi connectivity index (χ3n) is 11.7. The van der Waals surface area contributed by atoms with Crippen LogP contribution in [0.1, 0.15) is 164 Å². The number of aliphatic hydroxyl groups excluding tert-OH is 1. The quantitative estimate of drug-likeness (QED) is 0.0692. The van der Waals surface area contributed by atoms with Gasteiger partial charge in [0.05, 0.1) is 36.4 Å². The van der Waals surface area contributed by atoms with E-state index in [4.69, 9.17) is 47.4 Å². The Hall–Kier alpha value is -4.91. The Morgan fingerprint density at radius 3 is 1.51 bits per heavy atom. The molecule has 0 spiro atoms. The van der Waals surface area contributed by atoms with Crippen molar-refractivity contribution in [3.05, 3.63) is 0 Å². The maximum absolute atomic E-state index is 14.3. The van der Waals surface area contributed by atoms with Crippen molar-refractivity contribution >= 4 is 42.3 Å². The molecule has 0 bridgehead atoms. The molecular weight excluding hydrogens is 997 g/mol. The van der Waals surface area contributed by atoms with Crippen LogP contribution in [0.5, 0.6) is 0 Å². The number of ether oxygens (including phenoxy) is 10. The number of esters is 1. The Kier molecular flexibility index (Phi) is 23.3. The summed E-state index contributed by atoms with van der Waals surface area (Å²) in [6, 6.07) is -4.19. The van der Waals surface area contributed by atoms with Gasteiger partial charge in [0.15, 0.2) is 12.6 Å². The maximum Gasteiger partial charge on any atom is 0.408 e. The predicted molar refractivity (Wildman–Crippen MR) is 276 cm³/mol. The lowest BCUT2D eigenvalue weighted by Crippen LogP contribution is -2.69. The van der Waals surface area contributed by atoms with Gasteiger partial charge < -0.3 is 84.4 Å². The van der Waals surface area contributed by atoms with Crippen LogP contribution in [0, 0.1) is 11.8 Å². The average Bonchev–Trinajstić information content (AvgIpc) is 3.22. The van der Waals surface area contributed by atoms with Crippen LogP contribution >= 0.6 is 0 Å². The molecule has 3 aliphatic rings. The van der Waals surface area contributed by atoms with Gasteiger partial charge in [-0.05, 0) is 136 Å². The number of rotatable bonds is 16. The van der Waals surface area contributed by atoms with E-state index in [1.807, 2.05) is 0 Å². The molecule has 2 aliphatic heterocycles. The van der Waals surface area contributed by atoms with Crippen molar-refractivity contribution in [1.82, 2.24) is 31.9 Å². The van der Waals surface area contributed by atoms with Crippen molar-refractivity contribution in [2.45, 2.75) is 265 Å². The number of hydrogen-bond donors (Lipinski definition) is 7. The van der Waals surface area contributed by atoms with E-state index in [1.54, 1.807) is 125 Å². The Morgan fingerprint density at radius 2 is 1.03 bits per heavy atom. The first-order valence-corrected chi connectivity index (χ1v) is 26.4. The van der Waals surface area contributed by atoms with Gasteiger partial charge in [-0.3, -0.25) is 9.59 Å². The van der Waals surface area contributed by atoms with Crippen molar-refractivity contribution in [3.63, 3.8) is 0 Å². The smallest absolute Gasteiger partial charge is 0.408 e. The van der Waals surface area contributed by atoms with Gasteiger partial charge in [0.25, 0.3) is 0 Å². The molecule has 1 aliphatic carbocycles. The van der Waals surface area contributed by atoms with Gasteiger partial charge in [-0.15, -0.1) is 0 Å². The zero-order chi connectivity index (χ0) is 57.9. The van der Waals surface area contributed by atoms with Gasteiger partial charge in [-0.25, -0.2) is 24.0 Å². The fourth-order valence-corrected chi connectivity index (χ4v) is 8.56. The Balaban J connectivity index is 2.17. The van der Waals surface area contributed by atoms with E-state index in [9.17, 15) is 38.7 Å². The number of carbonyl (C=O) groups excluding carboxylic acids is 7. The van der Waals surface area contributed by atoms with Crippen LogP contribution in [0.25, 0.3) is 0 Å². The minimum atomic E-state index is -1.77. The molecule has 6 unspecified atom stereocenters. The summed E-state index contributed by atoms with van der Waals surface area (Å²) in [6.45, 7) is 31.9. The third kappa shape index (κ3) is 23.0. The lowest BCUT2D eigenvalue weighted by atomic mass is 9.82. The van der Waals surface area contributed by atoms with Crippen molar-refractivity contribution in [1.29, 1.82) is 0 Å². The van der Waals surface area contributed by atoms with Crippen LogP contribution in [-0.4, -0.2) is 162 Å². The Labute approximate surface area is 449 Å². The van der Waals surface area contributed by atoms with E-state index in [-0.39, 0.29) is 38.8 Å². The number of aliphatic hydroxyl groups is 1. The number of nitrogens with one attached hydrogen (secondary N) is 6. The lowest BCUT2D eigenvalue weighted by molar-refractivity contribution is -0.304. The van der Waals surface area contributed by atoms with E-state index in [2.05, 4.69) is 31.9 Å². The van der Waals surface area contributed by atoms with E-state index in [0.29, 0.717) is 6.42 Å². The van der Waals surface area contributed by atoms with E-state index in [0.717, 1.165) is 0 Å². The summed E-state index contributed by atoms with van der Waals surface area (Å²) in [7, 11) is 0. The summed E-state index contributed by atoms with van der Waals surface area (Å²) >= 11 is 0. The second kappa shape index (κ2) is 27.1. The Bertz CT molecular complexity index is 1960.